The van der Waals surface area contributed by atoms with Crippen molar-refractivity contribution in [1.29, 1.82) is 0 Å². The third-order valence-corrected chi connectivity index (χ3v) is 4.09. The number of benzene rings is 1. The van der Waals surface area contributed by atoms with Crippen molar-refractivity contribution in [2.45, 2.75) is 51.9 Å². The summed E-state index contributed by atoms with van der Waals surface area (Å²) in [5, 5.41) is 0. The molecule has 3 rings (SSSR count). The number of allylic oxidation sites excluding steroid dienone is 2. The maximum Gasteiger partial charge on any atom is -0.00549 e. The predicted octanol–water partition coefficient (Wildman–Crippen LogP) is 4.69. The molecule has 0 nitrogen and oxygen atoms in total. The van der Waals surface area contributed by atoms with Crippen LogP contribution >= 0.6 is 0 Å². The average Bonchev–Trinajstić information content (AvgIpc) is 2.66. The van der Waals surface area contributed by atoms with Gasteiger partial charge in [-0.2, -0.15) is 0 Å². The molecule has 2 aliphatic carbocycles. The summed E-state index contributed by atoms with van der Waals surface area (Å²) in [6.45, 7) is 4.63. The molecule has 84 valence electrons. The van der Waals surface area contributed by atoms with Crippen LogP contribution in [0.3, 0.4) is 0 Å². The Balaban J connectivity index is 2.15. The minimum Gasteiger partial charge on any atom is -0.0620 e. The van der Waals surface area contributed by atoms with Crippen LogP contribution < -0.4 is 0 Å². The molecule has 0 bridgehead atoms. The van der Waals surface area contributed by atoms with Crippen molar-refractivity contribution in [3.63, 3.8) is 0 Å². The highest BCUT2D eigenvalue weighted by Crippen LogP contribution is 2.44. The van der Waals surface area contributed by atoms with Gasteiger partial charge in [0.15, 0.2) is 0 Å². The van der Waals surface area contributed by atoms with Crippen LogP contribution in [0.2, 0.25) is 0 Å². The van der Waals surface area contributed by atoms with E-state index in [-0.39, 0.29) is 0 Å². The first-order valence-corrected chi connectivity index (χ1v) is 6.60. The number of fused-ring (bicyclic) bond motifs is 2. The highest BCUT2D eigenvalue weighted by molar-refractivity contribution is 5.79. The summed E-state index contributed by atoms with van der Waals surface area (Å²) in [7, 11) is 0. The van der Waals surface area contributed by atoms with E-state index in [1.54, 1.807) is 27.8 Å². The van der Waals surface area contributed by atoms with E-state index in [9.17, 15) is 0 Å². The van der Waals surface area contributed by atoms with E-state index >= 15 is 0 Å². The highest BCUT2D eigenvalue weighted by Gasteiger charge is 2.26. The first kappa shape index (κ1) is 10.1. The molecule has 0 aliphatic heterocycles. The lowest BCUT2D eigenvalue weighted by Gasteiger charge is -2.18. The van der Waals surface area contributed by atoms with Crippen LogP contribution in [0, 0.1) is 0 Å². The van der Waals surface area contributed by atoms with E-state index in [1.807, 2.05) is 0 Å². The Labute approximate surface area is 98.4 Å². The van der Waals surface area contributed by atoms with E-state index in [1.165, 1.54) is 32.1 Å². The van der Waals surface area contributed by atoms with E-state index in [2.05, 4.69) is 32.0 Å². The van der Waals surface area contributed by atoms with Crippen molar-refractivity contribution < 1.29 is 0 Å². The molecule has 0 radical (unpaired) electrons. The second kappa shape index (κ2) is 3.76. The summed E-state index contributed by atoms with van der Waals surface area (Å²) in [4.78, 5) is 0. The molecule has 0 heteroatoms. The van der Waals surface area contributed by atoms with Gasteiger partial charge in [-0.05, 0) is 60.3 Å². The molecule has 0 unspecified atom stereocenters. The number of hydrogen-bond acceptors (Lipinski definition) is 0. The van der Waals surface area contributed by atoms with E-state index < -0.39 is 0 Å². The van der Waals surface area contributed by atoms with Gasteiger partial charge in [0.25, 0.3) is 0 Å². The molecule has 16 heavy (non-hydrogen) atoms. The largest absolute Gasteiger partial charge is 0.0620 e. The molecule has 0 heterocycles. The first-order chi connectivity index (χ1) is 7.77. The normalized spacial score (nSPS) is 18.9. The van der Waals surface area contributed by atoms with Gasteiger partial charge in [-0.1, -0.05) is 37.6 Å². The zero-order valence-electron chi connectivity index (χ0n) is 10.3. The monoisotopic (exact) mass is 212 g/mol. The van der Waals surface area contributed by atoms with Gasteiger partial charge in [-0.25, -0.2) is 0 Å². The average molecular weight is 212 g/mol. The Morgan fingerprint density at radius 2 is 1.88 bits per heavy atom. The van der Waals surface area contributed by atoms with Crippen LogP contribution in [-0.4, -0.2) is 0 Å². The van der Waals surface area contributed by atoms with Crippen molar-refractivity contribution in [1.82, 2.24) is 0 Å². The van der Waals surface area contributed by atoms with Crippen LogP contribution in [0.5, 0.6) is 0 Å². The summed E-state index contributed by atoms with van der Waals surface area (Å²) >= 11 is 0. The van der Waals surface area contributed by atoms with Crippen molar-refractivity contribution >= 4 is 5.57 Å². The fourth-order valence-corrected chi connectivity index (χ4v) is 3.31. The van der Waals surface area contributed by atoms with Crippen molar-refractivity contribution in [3.05, 3.63) is 40.5 Å². The number of rotatable bonds is 1. The van der Waals surface area contributed by atoms with E-state index in [0.29, 0.717) is 5.92 Å². The Hall–Kier alpha value is -1.04. The van der Waals surface area contributed by atoms with Crippen LogP contribution in [0.25, 0.3) is 5.57 Å². The lowest BCUT2D eigenvalue weighted by Crippen LogP contribution is -1.98. The van der Waals surface area contributed by atoms with Crippen molar-refractivity contribution in [2.24, 2.45) is 0 Å². The maximum atomic E-state index is 2.33. The van der Waals surface area contributed by atoms with Gasteiger partial charge >= 0.3 is 0 Å². The van der Waals surface area contributed by atoms with E-state index in [4.69, 9.17) is 0 Å². The molecule has 0 saturated heterocycles. The standard InChI is InChI=1S/C16H20/c1-11(2)14-9-5-7-13-10-12-6-3-4-8-15(12)16(13)14/h5,7,9,11H,3-4,6,8,10H2,1-2H3. The molecular weight excluding hydrogens is 192 g/mol. The van der Waals surface area contributed by atoms with E-state index in [0.717, 1.165) is 0 Å². The van der Waals surface area contributed by atoms with Crippen molar-refractivity contribution in [2.75, 3.05) is 0 Å². The predicted molar refractivity (Wildman–Crippen MR) is 69.6 cm³/mol. The molecule has 0 aromatic heterocycles. The van der Waals surface area contributed by atoms with Crippen LogP contribution in [0.15, 0.2) is 23.8 Å². The van der Waals surface area contributed by atoms with Crippen LogP contribution in [-0.2, 0) is 6.42 Å². The summed E-state index contributed by atoms with van der Waals surface area (Å²) in [5.41, 5.74) is 8.26. The lowest BCUT2D eigenvalue weighted by molar-refractivity contribution is 0.710. The van der Waals surface area contributed by atoms with Gasteiger partial charge in [0, 0.05) is 0 Å². The topological polar surface area (TPSA) is 0 Å². The zero-order chi connectivity index (χ0) is 11.1. The molecule has 0 spiro atoms. The second-order valence-electron chi connectivity index (χ2n) is 5.50. The fraction of sp³-hybridized carbons (Fsp3) is 0.500. The SMILES string of the molecule is CC(C)c1cccc2c1C1=C(CCCC1)C2. The quantitative estimate of drug-likeness (QED) is 0.633. The Morgan fingerprint density at radius 3 is 2.69 bits per heavy atom. The van der Waals surface area contributed by atoms with Gasteiger partial charge in [0.2, 0.25) is 0 Å². The zero-order valence-corrected chi connectivity index (χ0v) is 10.3. The fourth-order valence-electron chi connectivity index (χ4n) is 3.31. The number of hydrogen-bond donors (Lipinski definition) is 0. The Bertz CT molecular complexity index is 449. The molecule has 0 atom stereocenters. The summed E-state index contributed by atoms with van der Waals surface area (Å²) in [6, 6.07) is 6.90. The first-order valence-electron chi connectivity index (χ1n) is 6.60. The molecule has 1 aromatic carbocycles. The van der Waals surface area contributed by atoms with Crippen LogP contribution in [0.1, 0.15) is 62.1 Å². The van der Waals surface area contributed by atoms with Gasteiger partial charge in [0.1, 0.15) is 0 Å². The third kappa shape index (κ3) is 1.43. The summed E-state index contributed by atoms with van der Waals surface area (Å²) < 4.78 is 0. The second-order valence-corrected chi connectivity index (χ2v) is 5.50. The van der Waals surface area contributed by atoms with Gasteiger partial charge in [0.05, 0.1) is 0 Å². The molecular formula is C16H20. The molecule has 2 aliphatic rings. The summed E-state index contributed by atoms with van der Waals surface area (Å²) in [5.74, 6) is 0.656. The minimum atomic E-state index is 0.656. The Morgan fingerprint density at radius 1 is 1.06 bits per heavy atom. The molecule has 0 N–H and O–H groups in total. The molecule has 0 amide bonds. The van der Waals surface area contributed by atoms with Gasteiger partial charge in [-0.15, -0.1) is 0 Å². The third-order valence-electron chi connectivity index (χ3n) is 4.09. The molecule has 1 aromatic rings. The lowest BCUT2D eigenvalue weighted by atomic mass is 9.87. The molecule has 0 saturated carbocycles. The van der Waals surface area contributed by atoms with Gasteiger partial charge in [-0.3, -0.25) is 0 Å². The minimum absolute atomic E-state index is 0.656. The highest BCUT2D eigenvalue weighted by atomic mass is 14.3. The summed E-state index contributed by atoms with van der Waals surface area (Å²) in [6.07, 6.45) is 6.72. The smallest absolute Gasteiger partial charge is 0.00549 e. The molecule has 0 fully saturated rings. The van der Waals surface area contributed by atoms with Crippen molar-refractivity contribution in [3.8, 4) is 0 Å². The Kier molecular flexibility index (Phi) is 2.38. The van der Waals surface area contributed by atoms with Crippen LogP contribution in [0.4, 0.5) is 0 Å². The maximum absolute atomic E-state index is 2.33. The van der Waals surface area contributed by atoms with Gasteiger partial charge < -0.3 is 0 Å².